The number of anilines is 1. The van der Waals surface area contributed by atoms with Crippen LogP contribution in [0.2, 0.25) is 5.02 Å². The minimum Gasteiger partial charge on any atom is -0.317 e. The van der Waals surface area contributed by atoms with Gasteiger partial charge >= 0.3 is 0 Å². The minimum atomic E-state index is -0.610. The molecule has 1 N–H and O–H groups in total. The highest BCUT2D eigenvalue weighted by Crippen LogP contribution is 2.24. The van der Waals surface area contributed by atoms with Gasteiger partial charge in [-0.05, 0) is 48.5 Å². The monoisotopic (exact) mass is 470 g/mol. The van der Waals surface area contributed by atoms with Gasteiger partial charge in [-0.3, -0.25) is 4.79 Å². The van der Waals surface area contributed by atoms with Gasteiger partial charge in [-0.15, -0.1) is 5.10 Å². The van der Waals surface area contributed by atoms with Gasteiger partial charge in [0.05, 0.1) is 11.4 Å². The average Bonchev–Trinajstić information content (AvgIpc) is 3.16. The first-order valence-electron chi connectivity index (χ1n) is 8.56. The Bertz CT molecular complexity index is 1110. The molecule has 0 saturated heterocycles. The van der Waals surface area contributed by atoms with E-state index in [1.54, 1.807) is 41.1 Å². The first-order valence-corrected chi connectivity index (χ1v) is 9.73. The van der Waals surface area contributed by atoms with E-state index < -0.39 is 11.7 Å². The molecule has 0 unspecified atom stereocenters. The molecule has 1 aromatic heterocycles. The molecule has 1 heterocycles. The molecule has 0 radical (unpaired) electrons. The zero-order valence-electron chi connectivity index (χ0n) is 14.8. The third-order valence-electron chi connectivity index (χ3n) is 4.11. The van der Waals surface area contributed by atoms with Crippen LogP contribution < -0.4 is 5.32 Å². The molecule has 4 aromatic rings. The fourth-order valence-corrected chi connectivity index (χ4v) is 3.09. The Hall–Kier alpha value is -3.03. The molecular weight excluding hydrogens is 459 g/mol. The topological polar surface area (TPSA) is 59.8 Å². The van der Waals surface area contributed by atoms with E-state index in [1.807, 2.05) is 24.3 Å². The SMILES string of the molecule is O=C(Nc1ccccc1F)c1nc(-c2ccc(Br)cc2)n(-c2ccc(Cl)cc2)n1. The van der Waals surface area contributed by atoms with Gasteiger partial charge in [-0.25, -0.2) is 14.1 Å². The first kappa shape index (κ1) is 19.3. The van der Waals surface area contributed by atoms with Gasteiger partial charge in [0.2, 0.25) is 5.82 Å². The van der Waals surface area contributed by atoms with E-state index in [-0.39, 0.29) is 11.5 Å². The molecule has 5 nitrogen and oxygen atoms in total. The minimum absolute atomic E-state index is 0.0607. The van der Waals surface area contributed by atoms with E-state index in [0.29, 0.717) is 16.5 Å². The lowest BCUT2D eigenvalue weighted by atomic mass is 10.2. The molecular formula is C21H13BrClFN4O. The van der Waals surface area contributed by atoms with Crippen molar-refractivity contribution < 1.29 is 9.18 Å². The van der Waals surface area contributed by atoms with Crippen LogP contribution in [0.25, 0.3) is 17.1 Å². The summed E-state index contributed by atoms with van der Waals surface area (Å²) in [4.78, 5) is 17.1. The van der Waals surface area contributed by atoms with Crippen molar-refractivity contribution in [3.8, 4) is 17.1 Å². The second-order valence-corrected chi connectivity index (χ2v) is 7.44. The smallest absolute Gasteiger partial charge is 0.295 e. The van der Waals surface area contributed by atoms with Crippen molar-refractivity contribution in [3.05, 3.63) is 93.9 Å². The zero-order chi connectivity index (χ0) is 20.4. The normalized spacial score (nSPS) is 10.7. The quantitative estimate of drug-likeness (QED) is 0.413. The van der Waals surface area contributed by atoms with Crippen LogP contribution >= 0.6 is 27.5 Å². The Morgan fingerprint density at radius 2 is 1.69 bits per heavy atom. The second-order valence-electron chi connectivity index (χ2n) is 6.09. The Morgan fingerprint density at radius 1 is 1.00 bits per heavy atom. The number of hydrogen-bond donors (Lipinski definition) is 1. The Labute approximate surface area is 179 Å². The van der Waals surface area contributed by atoms with Crippen LogP contribution in [0.15, 0.2) is 77.3 Å². The van der Waals surface area contributed by atoms with Gasteiger partial charge in [-0.2, -0.15) is 0 Å². The maximum atomic E-state index is 13.9. The molecule has 0 atom stereocenters. The summed E-state index contributed by atoms with van der Waals surface area (Å²) in [6.07, 6.45) is 0. The van der Waals surface area contributed by atoms with E-state index in [9.17, 15) is 9.18 Å². The van der Waals surface area contributed by atoms with Crippen molar-refractivity contribution in [1.29, 1.82) is 0 Å². The predicted octanol–water partition coefficient (Wildman–Crippen LogP) is 5.74. The summed E-state index contributed by atoms with van der Waals surface area (Å²) in [6, 6.07) is 20.4. The van der Waals surface area contributed by atoms with Crippen molar-refractivity contribution in [3.63, 3.8) is 0 Å². The number of halogens is 3. The third-order valence-corrected chi connectivity index (χ3v) is 4.89. The number of carbonyl (C=O) groups is 1. The average molecular weight is 472 g/mol. The van der Waals surface area contributed by atoms with Crippen LogP contribution in [0.4, 0.5) is 10.1 Å². The number of carbonyl (C=O) groups excluding carboxylic acids is 1. The Kier molecular flexibility index (Phi) is 5.42. The van der Waals surface area contributed by atoms with Gasteiger partial charge in [0, 0.05) is 15.1 Å². The van der Waals surface area contributed by atoms with Crippen LogP contribution in [0.5, 0.6) is 0 Å². The summed E-state index contributed by atoms with van der Waals surface area (Å²) >= 11 is 9.39. The van der Waals surface area contributed by atoms with Gasteiger partial charge < -0.3 is 5.32 Å². The lowest BCUT2D eigenvalue weighted by Crippen LogP contribution is -2.15. The fraction of sp³-hybridized carbons (Fsp3) is 0. The van der Waals surface area contributed by atoms with Gasteiger partial charge in [-0.1, -0.05) is 51.8 Å². The number of nitrogens with zero attached hydrogens (tertiary/aromatic N) is 3. The number of benzene rings is 3. The van der Waals surface area contributed by atoms with Crippen LogP contribution in [0, 0.1) is 5.82 Å². The maximum absolute atomic E-state index is 13.9. The Morgan fingerprint density at radius 3 is 2.38 bits per heavy atom. The van der Waals surface area contributed by atoms with Gasteiger partial charge in [0.25, 0.3) is 5.91 Å². The summed E-state index contributed by atoms with van der Waals surface area (Å²) in [6.45, 7) is 0. The van der Waals surface area contributed by atoms with Crippen molar-refractivity contribution >= 4 is 39.1 Å². The molecule has 1 amide bonds. The number of para-hydroxylation sites is 1. The molecule has 0 spiro atoms. The number of rotatable bonds is 4. The summed E-state index contributed by atoms with van der Waals surface area (Å²) in [5.41, 5.74) is 1.51. The van der Waals surface area contributed by atoms with Gasteiger partial charge in [0.15, 0.2) is 5.82 Å². The maximum Gasteiger partial charge on any atom is 0.295 e. The molecule has 3 aromatic carbocycles. The molecule has 0 bridgehead atoms. The molecule has 29 heavy (non-hydrogen) atoms. The van der Waals surface area contributed by atoms with Gasteiger partial charge in [0.1, 0.15) is 5.82 Å². The number of nitrogens with one attached hydrogen (secondary N) is 1. The lowest BCUT2D eigenvalue weighted by molar-refractivity contribution is 0.101. The molecule has 8 heteroatoms. The van der Waals surface area contributed by atoms with Crippen LogP contribution in [-0.4, -0.2) is 20.7 Å². The Balaban J connectivity index is 1.76. The highest BCUT2D eigenvalue weighted by atomic mass is 79.9. The van der Waals surface area contributed by atoms with Crippen molar-refractivity contribution in [2.24, 2.45) is 0 Å². The van der Waals surface area contributed by atoms with E-state index in [1.165, 1.54) is 12.1 Å². The van der Waals surface area contributed by atoms with E-state index in [4.69, 9.17) is 11.6 Å². The molecule has 0 aliphatic rings. The largest absolute Gasteiger partial charge is 0.317 e. The standard InChI is InChI=1S/C21H13BrClFN4O/c22-14-7-5-13(6-8-14)20-26-19(21(29)25-18-4-2-1-3-17(18)24)27-28(20)16-11-9-15(23)10-12-16/h1-12H,(H,25,29). The molecule has 0 aliphatic heterocycles. The van der Waals surface area contributed by atoms with Crippen molar-refractivity contribution in [2.45, 2.75) is 0 Å². The lowest BCUT2D eigenvalue weighted by Gasteiger charge is -2.06. The second kappa shape index (κ2) is 8.14. The zero-order valence-corrected chi connectivity index (χ0v) is 17.2. The van der Waals surface area contributed by atoms with E-state index in [2.05, 4.69) is 31.3 Å². The molecule has 0 fully saturated rings. The van der Waals surface area contributed by atoms with Crippen molar-refractivity contribution in [2.75, 3.05) is 5.32 Å². The number of amides is 1. The van der Waals surface area contributed by atoms with Crippen LogP contribution in [0.1, 0.15) is 10.6 Å². The highest BCUT2D eigenvalue weighted by Gasteiger charge is 2.19. The summed E-state index contributed by atoms with van der Waals surface area (Å²) in [7, 11) is 0. The third kappa shape index (κ3) is 4.21. The summed E-state index contributed by atoms with van der Waals surface area (Å²) < 4.78 is 16.3. The summed E-state index contributed by atoms with van der Waals surface area (Å²) in [5.74, 6) is -0.757. The predicted molar refractivity (Wildman–Crippen MR) is 114 cm³/mol. The molecule has 4 rings (SSSR count). The van der Waals surface area contributed by atoms with E-state index in [0.717, 1.165) is 10.0 Å². The first-order chi connectivity index (χ1) is 14.0. The summed E-state index contributed by atoms with van der Waals surface area (Å²) in [5, 5.41) is 7.44. The van der Waals surface area contributed by atoms with Crippen LogP contribution in [-0.2, 0) is 0 Å². The molecule has 0 aliphatic carbocycles. The molecule has 144 valence electrons. The number of hydrogen-bond acceptors (Lipinski definition) is 3. The fourth-order valence-electron chi connectivity index (χ4n) is 2.70. The number of aromatic nitrogens is 3. The molecule has 0 saturated carbocycles. The van der Waals surface area contributed by atoms with Crippen molar-refractivity contribution in [1.82, 2.24) is 14.8 Å². The highest BCUT2D eigenvalue weighted by molar-refractivity contribution is 9.10. The van der Waals surface area contributed by atoms with E-state index >= 15 is 0 Å². The van der Waals surface area contributed by atoms with Crippen LogP contribution in [0.3, 0.4) is 0 Å².